The predicted octanol–water partition coefficient (Wildman–Crippen LogP) is 2.98. The van der Waals surface area contributed by atoms with E-state index in [1.165, 1.54) is 10.5 Å². The Labute approximate surface area is 147 Å². The van der Waals surface area contributed by atoms with Crippen molar-refractivity contribution in [1.29, 1.82) is 0 Å². The molecular weight excluding hydrogens is 337 g/mol. The molecule has 130 valence electrons. The SMILES string of the molecule is COc1ccc(-c2cc3n[nH]c(=O)n3c(Nc3ccccc3F)n2)cc1. The zero-order valence-corrected chi connectivity index (χ0v) is 13.7. The van der Waals surface area contributed by atoms with Gasteiger partial charge in [-0.25, -0.2) is 23.7 Å². The highest BCUT2D eigenvalue weighted by Crippen LogP contribution is 2.25. The Morgan fingerprint density at radius 1 is 1.15 bits per heavy atom. The van der Waals surface area contributed by atoms with Gasteiger partial charge in [0.25, 0.3) is 0 Å². The Hall–Kier alpha value is -3.68. The molecule has 0 saturated heterocycles. The van der Waals surface area contributed by atoms with Crippen LogP contribution in [0.3, 0.4) is 0 Å². The number of hydrogen-bond acceptors (Lipinski definition) is 5. The van der Waals surface area contributed by atoms with Crippen molar-refractivity contribution in [3.63, 3.8) is 0 Å². The lowest BCUT2D eigenvalue weighted by molar-refractivity contribution is 0.415. The number of rotatable bonds is 4. The Morgan fingerprint density at radius 3 is 2.65 bits per heavy atom. The van der Waals surface area contributed by atoms with Gasteiger partial charge in [0, 0.05) is 11.6 Å². The van der Waals surface area contributed by atoms with Crippen LogP contribution in [0.4, 0.5) is 16.0 Å². The molecule has 0 aliphatic heterocycles. The van der Waals surface area contributed by atoms with E-state index in [-0.39, 0.29) is 11.6 Å². The summed E-state index contributed by atoms with van der Waals surface area (Å²) in [6.45, 7) is 0. The standard InChI is InChI=1S/C18H14FN5O2/c1-26-12-8-6-11(7-9-12)15-10-16-22-23-18(25)24(16)17(21-15)20-14-5-3-2-4-13(14)19/h2-10H,1H3,(H,20,21)(H,23,25). The number of nitrogens with one attached hydrogen (secondary N) is 2. The largest absolute Gasteiger partial charge is 0.497 e. The molecule has 0 fully saturated rings. The summed E-state index contributed by atoms with van der Waals surface area (Å²) in [6.07, 6.45) is 0. The molecule has 2 heterocycles. The van der Waals surface area contributed by atoms with E-state index in [4.69, 9.17) is 4.74 Å². The third-order valence-electron chi connectivity index (χ3n) is 3.91. The molecule has 0 unspecified atom stereocenters. The number of hydrogen-bond donors (Lipinski definition) is 2. The van der Waals surface area contributed by atoms with Crippen molar-refractivity contribution in [3.8, 4) is 17.0 Å². The summed E-state index contributed by atoms with van der Waals surface area (Å²) in [5, 5.41) is 9.23. The van der Waals surface area contributed by atoms with Gasteiger partial charge in [0.2, 0.25) is 5.95 Å². The second-order valence-corrected chi connectivity index (χ2v) is 5.52. The van der Waals surface area contributed by atoms with E-state index >= 15 is 0 Å². The molecule has 2 aromatic heterocycles. The van der Waals surface area contributed by atoms with Gasteiger partial charge < -0.3 is 10.1 Å². The van der Waals surface area contributed by atoms with E-state index in [2.05, 4.69) is 20.5 Å². The van der Waals surface area contributed by atoms with E-state index in [1.807, 2.05) is 24.3 Å². The van der Waals surface area contributed by atoms with E-state index < -0.39 is 11.5 Å². The normalized spacial score (nSPS) is 10.8. The number of ether oxygens (including phenoxy) is 1. The molecular formula is C18H14FN5O2. The van der Waals surface area contributed by atoms with Crippen LogP contribution < -0.4 is 15.7 Å². The molecule has 0 amide bonds. The maximum absolute atomic E-state index is 14.0. The van der Waals surface area contributed by atoms with E-state index in [0.717, 1.165) is 11.3 Å². The van der Waals surface area contributed by atoms with Gasteiger partial charge in [-0.1, -0.05) is 12.1 Å². The molecule has 4 rings (SSSR count). The smallest absolute Gasteiger partial charge is 0.350 e. The zero-order chi connectivity index (χ0) is 18.1. The van der Waals surface area contributed by atoms with E-state index in [1.54, 1.807) is 31.4 Å². The summed E-state index contributed by atoms with van der Waals surface area (Å²) in [7, 11) is 1.59. The first-order valence-corrected chi connectivity index (χ1v) is 7.80. The number of fused-ring (bicyclic) bond motifs is 1. The first-order valence-electron chi connectivity index (χ1n) is 7.80. The maximum Gasteiger partial charge on any atom is 0.350 e. The number of aromatic amines is 1. The minimum Gasteiger partial charge on any atom is -0.497 e. The van der Waals surface area contributed by atoms with Crippen molar-refractivity contribution in [2.24, 2.45) is 0 Å². The number of methoxy groups -OCH3 is 1. The molecule has 2 N–H and O–H groups in total. The summed E-state index contributed by atoms with van der Waals surface area (Å²) in [6, 6.07) is 15.1. The maximum atomic E-state index is 14.0. The second-order valence-electron chi connectivity index (χ2n) is 5.52. The van der Waals surface area contributed by atoms with Crippen molar-refractivity contribution in [1.82, 2.24) is 19.6 Å². The topological polar surface area (TPSA) is 84.3 Å². The molecule has 0 atom stereocenters. The third kappa shape index (κ3) is 2.77. The van der Waals surface area contributed by atoms with E-state index in [9.17, 15) is 9.18 Å². The van der Waals surface area contributed by atoms with Crippen LogP contribution in [0.5, 0.6) is 5.75 Å². The number of anilines is 2. The lowest BCUT2D eigenvalue weighted by atomic mass is 10.1. The highest BCUT2D eigenvalue weighted by molar-refractivity contribution is 5.68. The average Bonchev–Trinajstić information content (AvgIpc) is 3.05. The lowest BCUT2D eigenvalue weighted by Crippen LogP contribution is -2.15. The van der Waals surface area contributed by atoms with Crippen LogP contribution >= 0.6 is 0 Å². The van der Waals surface area contributed by atoms with E-state index in [0.29, 0.717) is 11.3 Å². The number of aromatic nitrogens is 4. The van der Waals surface area contributed by atoms with Crippen LogP contribution in [0.2, 0.25) is 0 Å². The molecule has 0 spiro atoms. The van der Waals surface area contributed by atoms with Crippen molar-refractivity contribution in [2.75, 3.05) is 12.4 Å². The average molecular weight is 351 g/mol. The van der Waals surface area contributed by atoms with Crippen LogP contribution in [0.25, 0.3) is 16.9 Å². The molecule has 0 radical (unpaired) electrons. The Morgan fingerprint density at radius 2 is 1.92 bits per heavy atom. The number of halogens is 1. The Kier molecular flexibility index (Phi) is 3.85. The minimum absolute atomic E-state index is 0.164. The molecule has 2 aromatic carbocycles. The fourth-order valence-electron chi connectivity index (χ4n) is 2.61. The highest BCUT2D eigenvalue weighted by atomic mass is 19.1. The molecule has 8 heteroatoms. The molecule has 4 aromatic rings. The molecule has 7 nitrogen and oxygen atoms in total. The molecule has 0 aliphatic rings. The summed E-state index contributed by atoms with van der Waals surface area (Å²) < 4.78 is 20.4. The minimum atomic E-state index is -0.465. The van der Waals surface area contributed by atoms with Crippen LogP contribution in [0.1, 0.15) is 0 Å². The van der Waals surface area contributed by atoms with Crippen LogP contribution in [0.15, 0.2) is 59.4 Å². The fourth-order valence-corrected chi connectivity index (χ4v) is 2.61. The van der Waals surface area contributed by atoms with Gasteiger partial charge in [0.1, 0.15) is 11.6 Å². The van der Waals surface area contributed by atoms with Gasteiger partial charge in [-0.15, -0.1) is 0 Å². The van der Waals surface area contributed by atoms with Gasteiger partial charge >= 0.3 is 5.69 Å². The van der Waals surface area contributed by atoms with Gasteiger partial charge in [-0.3, -0.25) is 0 Å². The monoisotopic (exact) mass is 351 g/mol. The molecule has 0 aliphatic carbocycles. The van der Waals surface area contributed by atoms with Crippen molar-refractivity contribution < 1.29 is 9.13 Å². The molecule has 0 saturated carbocycles. The Balaban J connectivity index is 1.86. The first-order chi connectivity index (χ1) is 12.7. The van der Waals surface area contributed by atoms with Gasteiger partial charge in [0.15, 0.2) is 5.65 Å². The van der Waals surface area contributed by atoms with Crippen LogP contribution in [-0.2, 0) is 0 Å². The fraction of sp³-hybridized carbons (Fsp3) is 0.0556. The number of H-pyrrole nitrogens is 1. The lowest BCUT2D eigenvalue weighted by Gasteiger charge is -2.10. The third-order valence-corrected chi connectivity index (χ3v) is 3.91. The number of benzene rings is 2. The van der Waals surface area contributed by atoms with Crippen LogP contribution in [0, 0.1) is 5.82 Å². The highest BCUT2D eigenvalue weighted by Gasteiger charge is 2.13. The van der Waals surface area contributed by atoms with Crippen molar-refractivity contribution >= 4 is 17.3 Å². The van der Waals surface area contributed by atoms with Crippen molar-refractivity contribution in [2.45, 2.75) is 0 Å². The molecule has 26 heavy (non-hydrogen) atoms. The zero-order valence-electron chi connectivity index (χ0n) is 13.7. The van der Waals surface area contributed by atoms with Gasteiger partial charge in [0.05, 0.1) is 18.5 Å². The van der Waals surface area contributed by atoms with Crippen LogP contribution in [-0.4, -0.2) is 26.7 Å². The number of nitrogens with zero attached hydrogens (tertiary/aromatic N) is 3. The van der Waals surface area contributed by atoms with Crippen molar-refractivity contribution in [3.05, 3.63) is 70.9 Å². The summed E-state index contributed by atoms with van der Waals surface area (Å²) in [5.74, 6) is 0.432. The molecule has 0 bridgehead atoms. The summed E-state index contributed by atoms with van der Waals surface area (Å²) in [5.41, 5.74) is 1.50. The quantitative estimate of drug-likeness (QED) is 0.590. The summed E-state index contributed by atoms with van der Waals surface area (Å²) in [4.78, 5) is 16.5. The number of para-hydroxylation sites is 1. The van der Waals surface area contributed by atoms with Gasteiger partial charge in [-0.05, 0) is 36.4 Å². The second kappa shape index (κ2) is 6.32. The Bertz CT molecular complexity index is 1130. The summed E-state index contributed by atoms with van der Waals surface area (Å²) >= 11 is 0. The first kappa shape index (κ1) is 15.8. The predicted molar refractivity (Wildman–Crippen MR) is 95.3 cm³/mol. The van der Waals surface area contributed by atoms with Gasteiger partial charge in [-0.2, -0.15) is 5.10 Å².